The molecular formula is C21H25BrClNO2. The van der Waals surface area contributed by atoms with Crippen LogP contribution in [0.15, 0.2) is 48.5 Å². The highest BCUT2D eigenvalue weighted by Gasteiger charge is 2.45. The van der Waals surface area contributed by atoms with Crippen LogP contribution in [0, 0.1) is 0 Å². The van der Waals surface area contributed by atoms with Gasteiger partial charge in [0, 0.05) is 16.6 Å². The molecule has 2 aromatic rings. The van der Waals surface area contributed by atoms with Crippen molar-refractivity contribution in [2.45, 2.75) is 43.6 Å². The number of halogens is 2. The third-order valence-corrected chi connectivity index (χ3v) is 5.81. The molecule has 140 valence electrons. The van der Waals surface area contributed by atoms with E-state index in [1.54, 1.807) is 0 Å². The van der Waals surface area contributed by atoms with E-state index in [2.05, 4.69) is 11.9 Å². The van der Waals surface area contributed by atoms with Crippen LogP contribution in [0.1, 0.15) is 31.2 Å². The summed E-state index contributed by atoms with van der Waals surface area (Å²) >= 11 is 5.96. The van der Waals surface area contributed by atoms with Gasteiger partial charge in [-0.15, -0.1) is 17.0 Å². The first kappa shape index (κ1) is 19.8. The van der Waals surface area contributed by atoms with E-state index in [-0.39, 0.29) is 23.1 Å². The van der Waals surface area contributed by atoms with Gasteiger partial charge in [-0.3, -0.25) is 4.90 Å². The van der Waals surface area contributed by atoms with E-state index in [1.807, 2.05) is 48.5 Å². The smallest absolute Gasteiger partial charge is 0.205 e. The molecule has 1 aliphatic heterocycles. The molecular weight excluding hydrogens is 414 g/mol. The molecule has 1 saturated carbocycles. The van der Waals surface area contributed by atoms with E-state index < -0.39 is 5.79 Å². The van der Waals surface area contributed by atoms with Gasteiger partial charge in [-0.25, -0.2) is 0 Å². The van der Waals surface area contributed by atoms with Crippen molar-refractivity contribution in [1.82, 2.24) is 4.90 Å². The predicted octanol–water partition coefficient (Wildman–Crippen LogP) is 5.00. The molecule has 2 fully saturated rings. The fourth-order valence-electron chi connectivity index (χ4n) is 4.19. The standard InChI is InChI=1S/C21H24ClNO2.BrH/c1-23-14-21(24,25-20-5-3-2-4-19(20)23)17-10-6-15(7-11-17)16-8-12-18(22)13-9-16;/h6-13,19-20,24H,2-5,14H2,1H3;1H. The lowest BCUT2D eigenvalue weighted by Gasteiger charge is -2.49. The van der Waals surface area contributed by atoms with Gasteiger partial charge in [0.2, 0.25) is 5.79 Å². The molecule has 4 rings (SSSR count). The maximum Gasteiger partial charge on any atom is 0.205 e. The zero-order valence-electron chi connectivity index (χ0n) is 14.9. The van der Waals surface area contributed by atoms with Gasteiger partial charge in [-0.1, -0.05) is 60.8 Å². The van der Waals surface area contributed by atoms with Crippen molar-refractivity contribution in [3.05, 3.63) is 59.1 Å². The number of benzene rings is 2. The number of ether oxygens (including phenoxy) is 1. The predicted molar refractivity (Wildman–Crippen MR) is 111 cm³/mol. The van der Waals surface area contributed by atoms with Crippen LogP contribution in [0.3, 0.4) is 0 Å². The first-order valence-electron chi connectivity index (χ1n) is 9.02. The maximum atomic E-state index is 11.2. The zero-order valence-corrected chi connectivity index (χ0v) is 17.4. The second-order valence-corrected chi connectivity index (χ2v) is 7.73. The number of likely N-dealkylation sites (N-methyl/N-ethyl adjacent to an activating group) is 1. The van der Waals surface area contributed by atoms with Gasteiger partial charge in [0.05, 0.1) is 12.6 Å². The van der Waals surface area contributed by atoms with Crippen LogP contribution < -0.4 is 0 Å². The van der Waals surface area contributed by atoms with Gasteiger partial charge in [0.1, 0.15) is 0 Å². The van der Waals surface area contributed by atoms with Crippen molar-refractivity contribution in [1.29, 1.82) is 0 Å². The normalized spacial score (nSPS) is 28.9. The minimum absolute atomic E-state index is 0. The molecule has 26 heavy (non-hydrogen) atoms. The van der Waals surface area contributed by atoms with Crippen LogP contribution in [-0.4, -0.2) is 35.7 Å². The Balaban J connectivity index is 0.00000196. The molecule has 1 heterocycles. The monoisotopic (exact) mass is 437 g/mol. The van der Waals surface area contributed by atoms with Gasteiger partial charge in [0.25, 0.3) is 0 Å². The van der Waals surface area contributed by atoms with E-state index in [9.17, 15) is 5.11 Å². The van der Waals surface area contributed by atoms with E-state index >= 15 is 0 Å². The topological polar surface area (TPSA) is 32.7 Å². The molecule has 1 saturated heterocycles. The number of nitrogens with zero attached hydrogens (tertiary/aromatic N) is 1. The minimum atomic E-state index is -1.23. The summed E-state index contributed by atoms with van der Waals surface area (Å²) in [6.07, 6.45) is 4.74. The fourth-order valence-corrected chi connectivity index (χ4v) is 4.31. The van der Waals surface area contributed by atoms with Crippen LogP contribution in [0.2, 0.25) is 5.02 Å². The summed E-state index contributed by atoms with van der Waals surface area (Å²) in [5.74, 6) is -1.23. The number of hydrogen-bond donors (Lipinski definition) is 1. The Hall–Kier alpha value is -0.910. The Labute approximate surface area is 170 Å². The summed E-state index contributed by atoms with van der Waals surface area (Å²) < 4.78 is 6.19. The van der Waals surface area contributed by atoms with Crippen LogP contribution in [-0.2, 0) is 10.5 Å². The van der Waals surface area contributed by atoms with E-state index in [0.29, 0.717) is 12.6 Å². The molecule has 0 spiro atoms. The lowest BCUT2D eigenvalue weighted by molar-refractivity contribution is -0.293. The highest BCUT2D eigenvalue weighted by Crippen LogP contribution is 2.38. The van der Waals surface area contributed by atoms with Crippen LogP contribution in [0.4, 0.5) is 0 Å². The van der Waals surface area contributed by atoms with Gasteiger partial charge in [-0.2, -0.15) is 0 Å². The van der Waals surface area contributed by atoms with E-state index in [0.717, 1.165) is 34.6 Å². The van der Waals surface area contributed by atoms with Crippen molar-refractivity contribution in [2.75, 3.05) is 13.6 Å². The number of fused-ring (bicyclic) bond motifs is 1. The Bertz CT molecular complexity index is 737. The first-order chi connectivity index (χ1) is 12.0. The summed E-state index contributed by atoms with van der Waals surface area (Å²) in [6.45, 7) is 0.508. The summed E-state index contributed by atoms with van der Waals surface area (Å²) in [5.41, 5.74) is 3.03. The molecule has 0 radical (unpaired) electrons. The lowest BCUT2D eigenvalue weighted by Crippen LogP contribution is -2.58. The first-order valence-corrected chi connectivity index (χ1v) is 9.40. The third kappa shape index (κ3) is 3.85. The average Bonchev–Trinajstić information content (AvgIpc) is 2.62. The zero-order chi connectivity index (χ0) is 17.4. The molecule has 1 aliphatic carbocycles. The molecule has 3 nitrogen and oxygen atoms in total. The van der Waals surface area contributed by atoms with Crippen LogP contribution >= 0.6 is 28.6 Å². The molecule has 2 aromatic carbocycles. The maximum absolute atomic E-state index is 11.2. The molecule has 0 amide bonds. The second kappa shape index (κ2) is 7.99. The van der Waals surface area contributed by atoms with Crippen molar-refractivity contribution < 1.29 is 9.84 Å². The van der Waals surface area contributed by atoms with Gasteiger partial charge in [-0.05, 0) is 43.1 Å². The molecule has 3 atom stereocenters. The van der Waals surface area contributed by atoms with Gasteiger partial charge in [0.15, 0.2) is 0 Å². The van der Waals surface area contributed by atoms with Crippen molar-refractivity contribution in [3.8, 4) is 11.1 Å². The Morgan fingerprint density at radius 3 is 2.23 bits per heavy atom. The number of aliphatic hydroxyl groups is 1. The summed E-state index contributed by atoms with van der Waals surface area (Å²) in [5, 5.41) is 11.9. The number of hydrogen-bond acceptors (Lipinski definition) is 3. The quantitative estimate of drug-likeness (QED) is 0.716. The Morgan fingerprint density at radius 1 is 1.00 bits per heavy atom. The third-order valence-electron chi connectivity index (χ3n) is 5.56. The number of morpholine rings is 1. The van der Waals surface area contributed by atoms with Crippen molar-refractivity contribution in [3.63, 3.8) is 0 Å². The summed E-state index contributed by atoms with van der Waals surface area (Å²) in [6, 6.07) is 16.2. The highest BCUT2D eigenvalue weighted by molar-refractivity contribution is 8.93. The molecule has 3 unspecified atom stereocenters. The molecule has 2 aliphatic rings. The lowest BCUT2D eigenvalue weighted by atomic mass is 9.88. The van der Waals surface area contributed by atoms with Crippen LogP contribution in [0.5, 0.6) is 0 Å². The van der Waals surface area contributed by atoms with Crippen molar-refractivity contribution >= 4 is 28.6 Å². The molecule has 5 heteroatoms. The molecule has 0 bridgehead atoms. The number of rotatable bonds is 2. The summed E-state index contributed by atoms with van der Waals surface area (Å²) in [7, 11) is 2.10. The molecule has 1 N–H and O–H groups in total. The van der Waals surface area contributed by atoms with Gasteiger partial charge < -0.3 is 9.84 Å². The average molecular weight is 439 g/mol. The van der Waals surface area contributed by atoms with E-state index in [1.165, 1.54) is 12.8 Å². The second-order valence-electron chi connectivity index (χ2n) is 7.29. The Kier molecular flexibility index (Phi) is 6.10. The van der Waals surface area contributed by atoms with E-state index in [4.69, 9.17) is 16.3 Å². The Morgan fingerprint density at radius 2 is 1.58 bits per heavy atom. The number of β-amino-alcohol motifs (C(OH)–C–C–N with tert-alkyl or cyclic N) is 1. The largest absolute Gasteiger partial charge is 0.361 e. The molecule has 0 aromatic heterocycles. The summed E-state index contributed by atoms with van der Waals surface area (Å²) in [4.78, 5) is 2.26. The fraction of sp³-hybridized carbons (Fsp3) is 0.429. The highest BCUT2D eigenvalue weighted by atomic mass is 79.9. The minimum Gasteiger partial charge on any atom is -0.361 e. The van der Waals surface area contributed by atoms with Crippen LogP contribution in [0.25, 0.3) is 11.1 Å². The van der Waals surface area contributed by atoms with Gasteiger partial charge >= 0.3 is 0 Å². The van der Waals surface area contributed by atoms with Crippen molar-refractivity contribution in [2.24, 2.45) is 0 Å². The SMILES string of the molecule is Br.CN1CC(O)(c2ccc(-c3ccc(Cl)cc3)cc2)OC2CCCCC21.